The van der Waals surface area contributed by atoms with Gasteiger partial charge in [-0.15, -0.1) is 0 Å². The van der Waals surface area contributed by atoms with Gasteiger partial charge in [-0.1, -0.05) is 30.3 Å². The van der Waals surface area contributed by atoms with Crippen LogP contribution in [0.2, 0.25) is 0 Å². The van der Waals surface area contributed by atoms with Gasteiger partial charge in [-0.3, -0.25) is 0 Å². The fourth-order valence-corrected chi connectivity index (χ4v) is 2.87. The number of pyridine rings is 1. The highest BCUT2D eigenvalue weighted by Crippen LogP contribution is 2.21. The van der Waals surface area contributed by atoms with Gasteiger partial charge in [-0.05, 0) is 25.0 Å². The molecule has 0 unspecified atom stereocenters. The van der Waals surface area contributed by atoms with Crippen molar-refractivity contribution in [3.8, 4) is 5.88 Å². The molecular weight excluding hydrogens is 318 g/mol. The molecule has 3 rings (SSSR count). The van der Waals surface area contributed by atoms with Crippen molar-refractivity contribution in [2.75, 3.05) is 18.4 Å². The Kier molecular flexibility index (Phi) is 5.50. The van der Waals surface area contributed by atoms with Crippen LogP contribution in [0.1, 0.15) is 18.9 Å². The van der Waals surface area contributed by atoms with E-state index in [9.17, 15) is 9.90 Å². The molecule has 6 nitrogen and oxygen atoms in total. The van der Waals surface area contributed by atoms with E-state index in [1.807, 2.05) is 30.3 Å². The second kappa shape index (κ2) is 7.98. The van der Waals surface area contributed by atoms with Gasteiger partial charge in [0.05, 0.1) is 6.10 Å². The number of aromatic nitrogens is 1. The van der Waals surface area contributed by atoms with Gasteiger partial charge in [0.25, 0.3) is 0 Å². The largest absolute Gasteiger partial charge is 0.473 e. The zero-order chi connectivity index (χ0) is 17.6. The molecule has 1 fully saturated rings. The maximum absolute atomic E-state index is 12.3. The van der Waals surface area contributed by atoms with E-state index >= 15 is 0 Å². The van der Waals surface area contributed by atoms with Crippen molar-refractivity contribution in [3.63, 3.8) is 0 Å². The van der Waals surface area contributed by atoms with Crippen molar-refractivity contribution in [2.45, 2.75) is 26.1 Å². The van der Waals surface area contributed by atoms with E-state index in [4.69, 9.17) is 4.74 Å². The van der Waals surface area contributed by atoms with Crippen molar-refractivity contribution >= 4 is 11.7 Å². The molecule has 6 heteroatoms. The molecule has 0 radical (unpaired) electrons. The molecule has 2 atom stereocenters. The first kappa shape index (κ1) is 17.2. The fraction of sp³-hybridized carbons (Fsp3) is 0.368. The Bertz CT molecular complexity index is 706. The smallest absolute Gasteiger partial charge is 0.321 e. The number of amides is 2. The summed E-state index contributed by atoms with van der Waals surface area (Å²) >= 11 is 0. The molecule has 1 aromatic carbocycles. The number of likely N-dealkylation sites (tertiary alicyclic amines) is 1. The highest BCUT2D eigenvalue weighted by atomic mass is 16.5. The third-order valence-electron chi connectivity index (χ3n) is 4.41. The maximum Gasteiger partial charge on any atom is 0.321 e. The molecule has 0 bridgehead atoms. The summed E-state index contributed by atoms with van der Waals surface area (Å²) in [6, 6.07) is 13.1. The standard InChI is InChI=1S/C19H23N3O3/c1-14(23)16-8-10-22(12-16)19(24)21-17-7-9-20-18(11-17)25-13-15-5-3-2-4-6-15/h2-7,9,11,14,16,23H,8,10,12-13H2,1H3,(H,20,21,24)/t14-,16+/m1/s1. The number of benzene rings is 1. The summed E-state index contributed by atoms with van der Waals surface area (Å²) in [6.45, 7) is 3.43. The number of hydrogen-bond donors (Lipinski definition) is 2. The lowest BCUT2D eigenvalue weighted by Crippen LogP contribution is -2.34. The summed E-state index contributed by atoms with van der Waals surface area (Å²) in [4.78, 5) is 18.2. The van der Waals surface area contributed by atoms with Crippen LogP contribution in [0.15, 0.2) is 48.7 Å². The van der Waals surface area contributed by atoms with Crippen LogP contribution in [-0.2, 0) is 6.61 Å². The minimum atomic E-state index is -0.392. The van der Waals surface area contributed by atoms with Crippen LogP contribution in [-0.4, -0.2) is 40.2 Å². The number of nitrogens with one attached hydrogen (secondary N) is 1. The normalized spacial score (nSPS) is 18.0. The zero-order valence-corrected chi connectivity index (χ0v) is 14.3. The van der Waals surface area contributed by atoms with Crippen molar-refractivity contribution in [3.05, 3.63) is 54.2 Å². The van der Waals surface area contributed by atoms with Crippen LogP contribution in [0, 0.1) is 5.92 Å². The molecule has 2 N–H and O–H groups in total. The van der Waals surface area contributed by atoms with Gasteiger partial charge in [0.15, 0.2) is 0 Å². The topological polar surface area (TPSA) is 74.7 Å². The first-order chi connectivity index (χ1) is 12.1. The molecule has 2 amide bonds. The number of hydrogen-bond acceptors (Lipinski definition) is 4. The molecule has 2 heterocycles. The summed E-state index contributed by atoms with van der Waals surface area (Å²) in [6.07, 6.45) is 2.04. The maximum atomic E-state index is 12.3. The number of anilines is 1. The molecule has 1 saturated heterocycles. The number of urea groups is 1. The number of nitrogens with zero attached hydrogens (tertiary/aromatic N) is 2. The average Bonchev–Trinajstić information content (AvgIpc) is 3.12. The van der Waals surface area contributed by atoms with E-state index in [0.29, 0.717) is 31.3 Å². The monoisotopic (exact) mass is 341 g/mol. The molecular formula is C19H23N3O3. The van der Waals surface area contributed by atoms with Gasteiger partial charge >= 0.3 is 6.03 Å². The van der Waals surface area contributed by atoms with E-state index in [-0.39, 0.29) is 11.9 Å². The van der Waals surface area contributed by atoms with Crippen molar-refractivity contribution in [1.29, 1.82) is 0 Å². The molecule has 0 aliphatic carbocycles. The fourth-order valence-electron chi connectivity index (χ4n) is 2.87. The van der Waals surface area contributed by atoms with Gasteiger partial charge in [-0.2, -0.15) is 0 Å². The van der Waals surface area contributed by atoms with Crippen LogP contribution in [0.3, 0.4) is 0 Å². The molecule has 1 aliphatic rings. The Hall–Kier alpha value is -2.60. The second-order valence-corrected chi connectivity index (χ2v) is 6.32. The molecule has 1 aromatic heterocycles. The summed E-state index contributed by atoms with van der Waals surface area (Å²) in [5.41, 5.74) is 1.70. The number of ether oxygens (including phenoxy) is 1. The molecule has 0 spiro atoms. The molecule has 0 saturated carbocycles. The van der Waals surface area contributed by atoms with Crippen LogP contribution < -0.4 is 10.1 Å². The first-order valence-electron chi connectivity index (χ1n) is 8.48. The van der Waals surface area contributed by atoms with Crippen LogP contribution in [0.4, 0.5) is 10.5 Å². The highest BCUT2D eigenvalue weighted by molar-refractivity contribution is 5.89. The Balaban J connectivity index is 1.55. The lowest BCUT2D eigenvalue weighted by molar-refractivity contribution is 0.130. The number of rotatable bonds is 5. The van der Waals surface area contributed by atoms with E-state index in [0.717, 1.165) is 12.0 Å². The van der Waals surface area contributed by atoms with Crippen LogP contribution in [0.5, 0.6) is 5.88 Å². The Labute approximate surface area is 147 Å². The number of carbonyl (C=O) groups excluding carboxylic acids is 1. The van der Waals surface area contributed by atoms with E-state index in [1.54, 1.807) is 30.2 Å². The lowest BCUT2D eigenvalue weighted by Gasteiger charge is -2.18. The highest BCUT2D eigenvalue weighted by Gasteiger charge is 2.29. The van der Waals surface area contributed by atoms with Gasteiger partial charge in [0.2, 0.25) is 5.88 Å². The van der Waals surface area contributed by atoms with Gasteiger partial charge in [0.1, 0.15) is 6.61 Å². The summed E-state index contributed by atoms with van der Waals surface area (Å²) in [5.74, 6) is 0.609. The van der Waals surface area contributed by atoms with Crippen molar-refractivity contribution in [1.82, 2.24) is 9.88 Å². The van der Waals surface area contributed by atoms with E-state index < -0.39 is 6.10 Å². The lowest BCUT2D eigenvalue weighted by atomic mass is 10.0. The predicted molar refractivity (Wildman–Crippen MR) is 95.4 cm³/mol. The Morgan fingerprint density at radius 2 is 2.20 bits per heavy atom. The van der Waals surface area contributed by atoms with Crippen LogP contribution in [0.25, 0.3) is 0 Å². The number of aliphatic hydroxyl groups excluding tert-OH is 1. The Morgan fingerprint density at radius 1 is 1.40 bits per heavy atom. The SMILES string of the molecule is C[C@@H](O)[C@H]1CCN(C(=O)Nc2ccnc(OCc3ccccc3)c2)C1. The van der Waals surface area contributed by atoms with Gasteiger partial charge in [0, 0.05) is 37.0 Å². The quantitative estimate of drug-likeness (QED) is 0.877. The van der Waals surface area contributed by atoms with Crippen LogP contribution >= 0.6 is 0 Å². The average molecular weight is 341 g/mol. The molecule has 2 aromatic rings. The summed E-state index contributed by atoms with van der Waals surface area (Å²) < 4.78 is 5.68. The third-order valence-corrected chi connectivity index (χ3v) is 4.41. The summed E-state index contributed by atoms with van der Waals surface area (Å²) in [7, 11) is 0. The second-order valence-electron chi connectivity index (χ2n) is 6.32. The van der Waals surface area contributed by atoms with Crippen molar-refractivity contribution < 1.29 is 14.6 Å². The van der Waals surface area contributed by atoms with Gasteiger partial charge in [-0.25, -0.2) is 9.78 Å². The van der Waals surface area contributed by atoms with Crippen molar-refractivity contribution in [2.24, 2.45) is 5.92 Å². The minimum absolute atomic E-state index is 0.146. The predicted octanol–water partition coefficient (Wildman–Crippen LogP) is 2.90. The number of aliphatic hydroxyl groups is 1. The molecule has 132 valence electrons. The minimum Gasteiger partial charge on any atom is -0.473 e. The molecule has 25 heavy (non-hydrogen) atoms. The van der Waals surface area contributed by atoms with Gasteiger partial charge < -0.3 is 20.1 Å². The van der Waals surface area contributed by atoms with E-state index in [2.05, 4.69) is 10.3 Å². The molecule has 1 aliphatic heterocycles. The third kappa shape index (κ3) is 4.70. The first-order valence-corrected chi connectivity index (χ1v) is 8.48. The number of carbonyl (C=O) groups is 1. The van der Waals surface area contributed by atoms with E-state index in [1.165, 1.54) is 0 Å². The summed E-state index contributed by atoms with van der Waals surface area (Å²) in [5, 5.41) is 12.5. The Morgan fingerprint density at radius 3 is 2.92 bits per heavy atom. The zero-order valence-electron chi connectivity index (χ0n) is 14.3.